The summed E-state index contributed by atoms with van der Waals surface area (Å²) >= 11 is 0. The van der Waals surface area contributed by atoms with Gasteiger partial charge in [0.1, 0.15) is 22.8 Å². The summed E-state index contributed by atoms with van der Waals surface area (Å²) in [5.74, 6) is -2.97. The van der Waals surface area contributed by atoms with Crippen LogP contribution in [-0.4, -0.2) is 48.7 Å². The molecule has 2 fully saturated rings. The van der Waals surface area contributed by atoms with Crippen molar-refractivity contribution in [2.75, 3.05) is 19.3 Å². The number of hydrogen-bond acceptors (Lipinski definition) is 6. The summed E-state index contributed by atoms with van der Waals surface area (Å²) in [7, 11) is -3.73. The molecule has 12 heteroatoms. The van der Waals surface area contributed by atoms with Gasteiger partial charge in [-0.05, 0) is 36.6 Å². The maximum atomic E-state index is 16.2. The molecule has 1 aliphatic carbocycles. The molecular formula is C24H23F3N4O4S. The molecule has 3 atom stereocenters. The molecule has 1 N–H and O–H groups in total. The molecule has 1 aliphatic heterocycles. The molecule has 36 heavy (non-hydrogen) atoms. The van der Waals surface area contributed by atoms with Crippen molar-refractivity contribution in [1.29, 1.82) is 0 Å². The van der Waals surface area contributed by atoms with Crippen LogP contribution >= 0.6 is 0 Å². The molecule has 2 heterocycles. The molecule has 1 amide bonds. The highest BCUT2D eigenvalue weighted by molar-refractivity contribution is 7.88. The van der Waals surface area contributed by atoms with Gasteiger partial charge in [-0.3, -0.25) is 4.79 Å². The minimum absolute atomic E-state index is 0.0170. The van der Waals surface area contributed by atoms with Crippen LogP contribution in [0.2, 0.25) is 0 Å². The lowest BCUT2D eigenvalue weighted by atomic mass is 9.93. The van der Waals surface area contributed by atoms with E-state index in [-0.39, 0.29) is 48.5 Å². The monoisotopic (exact) mass is 520 g/mol. The average molecular weight is 521 g/mol. The lowest BCUT2D eigenvalue weighted by Gasteiger charge is -2.26. The number of likely N-dealkylation sites (tertiary alicyclic amines) is 1. The van der Waals surface area contributed by atoms with Crippen LogP contribution in [-0.2, 0) is 26.0 Å². The number of halogens is 3. The number of nitrogens with zero attached hydrogens (tertiary/aromatic N) is 3. The number of rotatable bonds is 6. The third-order valence-electron chi connectivity index (χ3n) is 6.70. The summed E-state index contributed by atoms with van der Waals surface area (Å²) in [5, 5.41) is 3.72. The van der Waals surface area contributed by atoms with E-state index in [9.17, 15) is 22.0 Å². The predicted molar refractivity (Wildman–Crippen MR) is 123 cm³/mol. The van der Waals surface area contributed by atoms with Crippen molar-refractivity contribution in [2.24, 2.45) is 5.92 Å². The fourth-order valence-corrected chi connectivity index (χ4v) is 5.97. The largest absolute Gasteiger partial charge is 0.340 e. The molecule has 1 saturated heterocycles. The summed E-state index contributed by atoms with van der Waals surface area (Å²) in [6.07, 6.45) is 0.965. The van der Waals surface area contributed by atoms with Gasteiger partial charge in [0.2, 0.25) is 21.8 Å². The number of alkyl halides is 1. The second-order valence-corrected chi connectivity index (χ2v) is 11.1. The quantitative estimate of drug-likeness (QED) is 0.535. The van der Waals surface area contributed by atoms with Gasteiger partial charge in [-0.1, -0.05) is 35.5 Å². The van der Waals surface area contributed by atoms with Crippen LogP contribution < -0.4 is 4.72 Å². The second-order valence-electron chi connectivity index (χ2n) is 9.37. The molecule has 0 radical (unpaired) electrons. The van der Waals surface area contributed by atoms with Crippen molar-refractivity contribution in [3.8, 4) is 11.1 Å². The van der Waals surface area contributed by atoms with Crippen LogP contribution in [0.1, 0.15) is 30.1 Å². The SMILES string of the molecule is Cc1noc(C2(NS(C)(=O)=O)CCN(C(=O)[C@@H]3C[C@@]3(F)c3ccccc3-c3c(F)cccc3F)C2)n1. The predicted octanol–water partition coefficient (Wildman–Crippen LogP) is 3.18. The number of carbonyl (C=O) groups is 1. The van der Waals surface area contributed by atoms with E-state index in [0.29, 0.717) is 5.82 Å². The van der Waals surface area contributed by atoms with Gasteiger partial charge in [-0.2, -0.15) is 9.71 Å². The normalized spacial score (nSPS) is 25.8. The van der Waals surface area contributed by atoms with Crippen LogP contribution in [0.5, 0.6) is 0 Å². The first kappa shape index (κ1) is 24.4. The van der Waals surface area contributed by atoms with Gasteiger partial charge in [0.15, 0.2) is 5.82 Å². The Morgan fingerprint density at radius 1 is 1.17 bits per heavy atom. The first-order valence-corrected chi connectivity index (χ1v) is 13.1. The van der Waals surface area contributed by atoms with E-state index in [1.807, 2.05) is 0 Å². The lowest BCUT2D eigenvalue weighted by molar-refractivity contribution is -0.132. The van der Waals surface area contributed by atoms with Crippen LogP contribution in [0.15, 0.2) is 47.0 Å². The van der Waals surface area contributed by atoms with Gasteiger partial charge in [0.05, 0.1) is 17.7 Å². The number of aryl methyl sites for hydroxylation is 1. The van der Waals surface area contributed by atoms with Gasteiger partial charge < -0.3 is 9.42 Å². The van der Waals surface area contributed by atoms with Crippen molar-refractivity contribution < 1.29 is 30.9 Å². The summed E-state index contributed by atoms with van der Waals surface area (Å²) in [6, 6.07) is 9.35. The molecular weight excluding hydrogens is 497 g/mol. The Labute approximate surface area is 205 Å². The van der Waals surface area contributed by atoms with E-state index >= 15 is 4.39 Å². The van der Waals surface area contributed by atoms with Crippen molar-refractivity contribution in [2.45, 2.75) is 31.0 Å². The van der Waals surface area contributed by atoms with E-state index in [1.54, 1.807) is 19.1 Å². The molecule has 3 aromatic rings. The second kappa shape index (κ2) is 8.41. The number of hydrogen-bond donors (Lipinski definition) is 1. The van der Waals surface area contributed by atoms with E-state index in [1.165, 1.54) is 23.1 Å². The zero-order chi connectivity index (χ0) is 25.9. The molecule has 0 spiro atoms. The Bertz CT molecular complexity index is 1440. The number of carbonyl (C=O) groups excluding carboxylic acids is 1. The Balaban J connectivity index is 1.43. The van der Waals surface area contributed by atoms with Crippen molar-refractivity contribution >= 4 is 15.9 Å². The van der Waals surface area contributed by atoms with E-state index in [2.05, 4.69) is 14.9 Å². The van der Waals surface area contributed by atoms with Crippen LogP contribution in [0, 0.1) is 24.5 Å². The summed E-state index contributed by atoms with van der Waals surface area (Å²) in [6.45, 7) is 1.58. The van der Waals surface area contributed by atoms with Crippen LogP contribution in [0.3, 0.4) is 0 Å². The van der Waals surface area contributed by atoms with Crippen LogP contribution in [0.25, 0.3) is 11.1 Å². The Kier molecular flexibility index (Phi) is 5.71. The fourth-order valence-electron chi connectivity index (χ4n) is 5.00. The number of benzene rings is 2. The minimum atomic E-state index is -3.73. The maximum Gasteiger partial charge on any atom is 0.249 e. The Morgan fingerprint density at radius 2 is 1.86 bits per heavy atom. The molecule has 190 valence electrons. The van der Waals surface area contributed by atoms with Gasteiger partial charge in [0, 0.05) is 19.5 Å². The highest BCUT2D eigenvalue weighted by Crippen LogP contribution is 2.59. The fraction of sp³-hybridized carbons (Fsp3) is 0.375. The molecule has 1 saturated carbocycles. The highest BCUT2D eigenvalue weighted by atomic mass is 32.2. The molecule has 1 unspecified atom stereocenters. The smallest absolute Gasteiger partial charge is 0.249 e. The minimum Gasteiger partial charge on any atom is -0.340 e. The zero-order valence-corrected chi connectivity index (χ0v) is 20.3. The molecule has 1 aromatic heterocycles. The summed E-state index contributed by atoms with van der Waals surface area (Å²) < 4.78 is 77.1. The highest BCUT2D eigenvalue weighted by Gasteiger charge is 2.63. The summed E-state index contributed by atoms with van der Waals surface area (Å²) in [5.41, 5.74) is -3.75. The number of amides is 1. The average Bonchev–Trinajstić information content (AvgIpc) is 3.10. The number of sulfonamides is 1. The molecule has 2 aliphatic rings. The first-order valence-electron chi connectivity index (χ1n) is 11.2. The van der Waals surface area contributed by atoms with E-state index in [4.69, 9.17) is 4.52 Å². The van der Waals surface area contributed by atoms with Gasteiger partial charge in [-0.15, -0.1) is 0 Å². The molecule has 8 nitrogen and oxygen atoms in total. The molecule has 5 rings (SSSR count). The standard InChI is InChI=1S/C24H23F3N4O4S/c1-14-28-22(35-29-14)23(30-36(2,33)34)10-11-31(13-23)21(32)17-12-24(17,27)16-7-4-3-6-15(16)20-18(25)8-5-9-19(20)26/h3-9,17,30H,10-13H2,1-2H3/t17-,23?,24+/m0/s1. The van der Waals surface area contributed by atoms with Gasteiger partial charge in [0.25, 0.3) is 0 Å². The Morgan fingerprint density at radius 3 is 2.50 bits per heavy atom. The van der Waals surface area contributed by atoms with Crippen molar-refractivity contribution in [3.63, 3.8) is 0 Å². The van der Waals surface area contributed by atoms with Crippen LogP contribution in [0.4, 0.5) is 13.2 Å². The van der Waals surface area contributed by atoms with E-state index in [0.717, 1.165) is 18.4 Å². The number of aromatic nitrogens is 2. The lowest BCUT2D eigenvalue weighted by Crippen LogP contribution is -2.48. The van der Waals surface area contributed by atoms with Crippen molar-refractivity contribution in [3.05, 3.63) is 71.4 Å². The van der Waals surface area contributed by atoms with Crippen molar-refractivity contribution in [1.82, 2.24) is 19.8 Å². The molecule has 0 bridgehead atoms. The van der Waals surface area contributed by atoms with Gasteiger partial charge in [-0.25, -0.2) is 21.6 Å². The van der Waals surface area contributed by atoms with Gasteiger partial charge >= 0.3 is 0 Å². The topological polar surface area (TPSA) is 105 Å². The molecule has 2 aromatic carbocycles. The third-order valence-corrected chi connectivity index (χ3v) is 7.46. The zero-order valence-electron chi connectivity index (χ0n) is 19.5. The first-order chi connectivity index (χ1) is 16.9. The Hall–Kier alpha value is -3.25. The maximum absolute atomic E-state index is 16.2. The number of nitrogens with one attached hydrogen (secondary N) is 1. The summed E-state index contributed by atoms with van der Waals surface area (Å²) in [4.78, 5) is 18.9. The van der Waals surface area contributed by atoms with E-state index < -0.39 is 44.7 Å². The third kappa shape index (κ3) is 4.17.